The minimum atomic E-state index is -0.238. The number of amides is 1. The number of nitrogens with zero attached hydrogens (tertiary/aromatic N) is 4. The molecule has 1 amide bonds. The molecular weight excluding hydrogens is 294 g/mol. The van der Waals surface area contributed by atoms with Crippen LogP contribution in [0.25, 0.3) is 0 Å². The van der Waals surface area contributed by atoms with E-state index in [9.17, 15) is 4.79 Å². The molecule has 1 aliphatic rings. The van der Waals surface area contributed by atoms with Crippen LogP contribution in [-0.4, -0.2) is 45.9 Å². The molecule has 2 aromatic rings. The second kappa shape index (κ2) is 6.87. The molecular formula is C16H21N5O2. The Hall–Kier alpha value is -2.28. The van der Waals surface area contributed by atoms with Crippen molar-refractivity contribution in [1.29, 1.82) is 0 Å². The molecule has 0 aromatic carbocycles. The summed E-state index contributed by atoms with van der Waals surface area (Å²) in [5, 5.41) is 2.54. The van der Waals surface area contributed by atoms with Crippen LogP contribution in [0.3, 0.4) is 0 Å². The molecule has 0 aliphatic carbocycles. The predicted molar refractivity (Wildman–Crippen MR) is 83.9 cm³/mol. The van der Waals surface area contributed by atoms with E-state index in [0.29, 0.717) is 5.89 Å². The number of aromatic nitrogens is 3. The van der Waals surface area contributed by atoms with Crippen molar-refractivity contribution in [2.75, 3.05) is 20.1 Å². The van der Waals surface area contributed by atoms with E-state index in [1.54, 1.807) is 19.4 Å². The van der Waals surface area contributed by atoms with Crippen LogP contribution in [-0.2, 0) is 0 Å². The van der Waals surface area contributed by atoms with Crippen LogP contribution in [0.1, 0.15) is 53.9 Å². The fourth-order valence-corrected chi connectivity index (χ4v) is 2.95. The number of likely N-dealkylation sites (tertiary alicyclic amines) is 1. The zero-order chi connectivity index (χ0) is 16.2. The van der Waals surface area contributed by atoms with Gasteiger partial charge in [0.15, 0.2) is 5.89 Å². The van der Waals surface area contributed by atoms with E-state index in [4.69, 9.17) is 4.42 Å². The van der Waals surface area contributed by atoms with Crippen molar-refractivity contribution in [1.82, 2.24) is 25.2 Å². The van der Waals surface area contributed by atoms with Gasteiger partial charge in [0, 0.05) is 31.6 Å². The van der Waals surface area contributed by atoms with Gasteiger partial charge in [-0.1, -0.05) is 0 Å². The van der Waals surface area contributed by atoms with Crippen molar-refractivity contribution in [2.45, 2.75) is 31.7 Å². The molecule has 1 saturated heterocycles. The van der Waals surface area contributed by atoms with Crippen LogP contribution in [0.5, 0.6) is 0 Å². The number of hydrogen-bond donors (Lipinski definition) is 1. The van der Waals surface area contributed by atoms with E-state index in [-0.39, 0.29) is 23.6 Å². The fourth-order valence-electron chi connectivity index (χ4n) is 2.95. The van der Waals surface area contributed by atoms with Gasteiger partial charge < -0.3 is 9.73 Å². The topological polar surface area (TPSA) is 84.2 Å². The molecule has 7 heteroatoms. The summed E-state index contributed by atoms with van der Waals surface area (Å²) in [5.74, 6) is 0.962. The Bertz CT molecular complexity index is 650. The summed E-state index contributed by atoms with van der Waals surface area (Å²) < 4.78 is 5.59. The quantitative estimate of drug-likeness (QED) is 0.925. The molecule has 1 atom stereocenters. The van der Waals surface area contributed by atoms with E-state index < -0.39 is 0 Å². The Morgan fingerprint density at radius 3 is 2.74 bits per heavy atom. The maximum absolute atomic E-state index is 11.5. The predicted octanol–water partition coefficient (Wildman–Crippen LogP) is 1.76. The van der Waals surface area contributed by atoms with E-state index in [1.165, 1.54) is 6.20 Å². The van der Waals surface area contributed by atoms with Crippen molar-refractivity contribution in [3.63, 3.8) is 0 Å². The lowest BCUT2D eigenvalue weighted by atomic mass is 9.95. The van der Waals surface area contributed by atoms with E-state index in [0.717, 1.165) is 31.6 Å². The fraction of sp³-hybridized carbons (Fsp3) is 0.500. The normalized spacial score (nSPS) is 17.8. The first-order valence-electron chi connectivity index (χ1n) is 7.86. The first-order valence-corrected chi connectivity index (χ1v) is 7.86. The minimum absolute atomic E-state index is 0.238. The summed E-state index contributed by atoms with van der Waals surface area (Å²) in [6.07, 6.45) is 8.65. The Morgan fingerprint density at radius 2 is 2.09 bits per heavy atom. The van der Waals surface area contributed by atoms with E-state index >= 15 is 0 Å². The summed E-state index contributed by atoms with van der Waals surface area (Å²) in [7, 11) is 1.58. The smallest absolute Gasteiger partial charge is 0.288 e. The molecule has 0 spiro atoms. The van der Waals surface area contributed by atoms with Gasteiger partial charge in [0.05, 0.1) is 17.9 Å². The third kappa shape index (κ3) is 3.39. The number of hydrogen-bond acceptors (Lipinski definition) is 6. The number of carbonyl (C=O) groups is 1. The molecule has 2 aromatic heterocycles. The zero-order valence-corrected chi connectivity index (χ0v) is 13.4. The first-order chi connectivity index (χ1) is 11.2. The van der Waals surface area contributed by atoms with Gasteiger partial charge in [-0.25, -0.2) is 4.98 Å². The van der Waals surface area contributed by atoms with Crippen molar-refractivity contribution in [3.05, 3.63) is 42.1 Å². The van der Waals surface area contributed by atoms with Crippen molar-refractivity contribution in [2.24, 2.45) is 0 Å². The maximum atomic E-state index is 11.5. The van der Waals surface area contributed by atoms with Gasteiger partial charge in [-0.3, -0.25) is 19.7 Å². The lowest BCUT2D eigenvalue weighted by Gasteiger charge is -2.34. The van der Waals surface area contributed by atoms with Gasteiger partial charge in [0.1, 0.15) is 0 Å². The summed E-state index contributed by atoms with van der Waals surface area (Å²) in [6.45, 7) is 4.04. The second-order valence-electron chi connectivity index (χ2n) is 5.76. The Balaban J connectivity index is 1.60. The molecule has 1 fully saturated rings. The number of rotatable bonds is 4. The van der Waals surface area contributed by atoms with Gasteiger partial charge in [-0.2, -0.15) is 0 Å². The average molecular weight is 315 g/mol. The lowest BCUT2D eigenvalue weighted by molar-refractivity contribution is 0.0930. The molecule has 1 aliphatic heterocycles. The zero-order valence-electron chi connectivity index (χ0n) is 13.4. The summed E-state index contributed by atoms with van der Waals surface area (Å²) in [6, 6.07) is 0.246. The lowest BCUT2D eigenvalue weighted by Crippen LogP contribution is -2.35. The van der Waals surface area contributed by atoms with Crippen LogP contribution >= 0.6 is 0 Å². The summed E-state index contributed by atoms with van der Waals surface area (Å²) >= 11 is 0. The molecule has 1 N–H and O–H groups in total. The maximum Gasteiger partial charge on any atom is 0.288 e. The molecule has 0 radical (unpaired) electrons. The van der Waals surface area contributed by atoms with Gasteiger partial charge >= 0.3 is 0 Å². The van der Waals surface area contributed by atoms with Gasteiger partial charge in [-0.15, -0.1) is 0 Å². The number of carbonyl (C=O) groups excluding carboxylic acids is 1. The first kappa shape index (κ1) is 15.6. The van der Waals surface area contributed by atoms with Gasteiger partial charge in [0.2, 0.25) is 5.76 Å². The average Bonchev–Trinajstić information content (AvgIpc) is 3.11. The van der Waals surface area contributed by atoms with Crippen molar-refractivity contribution < 1.29 is 9.21 Å². The second-order valence-corrected chi connectivity index (χ2v) is 5.76. The van der Waals surface area contributed by atoms with Crippen LogP contribution in [0.15, 0.2) is 29.2 Å². The highest BCUT2D eigenvalue weighted by Crippen LogP contribution is 2.31. The van der Waals surface area contributed by atoms with Crippen LogP contribution in [0.2, 0.25) is 0 Å². The van der Waals surface area contributed by atoms with Gasteiger partial charge in [-0.05, 0) is 32.9 Å². The van der Waals surface area contributed by atoms with Crippen LogP contribution in [0, 0.1) is 0 Å². The van der Waals surface area contributed by atoms with Crippen molar-refractivity contribution in [3.8, 4) is 0 Å². The highest BCUT2D eigenvalue weighted by molar-refractivity contribution is 5.90. The molecule has 23 heavy (non-hydrogen) atoms. The Kier molecular flexibility index (Phi) is 4.66. The minimum Gasteiger partial charge on any atom is -0.435 e. The number of nitrogens with one attached hydrogen (secondary N) is 1. The highest BCUT2D eigenvalue weighted by atomic mass is 16.4. The Morgan fingerprint density at radius 1 is 1.30 bits per heavy atom. The third-order valence-electron chi connectivity index (χ3n) is 4.41. The Labute approximate surface area is 135 Å². The van der Waals surface area contributed by atoms with Crippen molar-refractivity contribution >= 4 is 5.91 Å². The van der Waals surface area contributed by atoms with Gasteiger partial charge in [0.25, 0.3) is 5.91 Å². The summed E-state index contributed by atoms with van der Waals surface area (Å²) in [5.41, 5.74) is 0.990. The number of oxazole rings is 1. The molecule has 3 rings (SSSR count). The molecule has 3 heterocycles. The van der Waals surface area contributed by atoms with Crippen LogP contribution < -0.4 is 5.32 Å². The molecule has 0 saturated carbocycles. The number of piperidine rings is 1. The van der Waals surface area contributed by atoms with E-state index in [2.05, 4.69) is 32.1 Å². The third-order valence-corrected chi connectivity index (χ3v) is 4.41. The monoisotopic (exact) mass is 315 g/mol. The largest absolute Gasteiger partial charge is 0.435 e. The molecule has 1 unspecified atom stereocenters. The molecule has 0 bridgehead atoms. The molecule has 122 valence electrons. The van der Waals surface area contributed by atoms with E-state index in [1.807, 2.05) is 6.20 Å². The highest BCUT2D eigenvalue weighted by Gasteiger charge is 2.28. The SMILES string of the molecule is CNC(=O)c1cnc(C2CCN(C(C)c3cnccn3)CC2)o1. The summed E-state index contributed by atoms with van der Waals surface area (Å²) in [4.78, 5) is 26.7. The van der Waals surface area contributed by atoms with Crippen LogP contribution in [0.4, 0.5) is 0 Å². The molecule has 7 nitrogen and oxygen atoms in total. The standard InChI is InChI=1S/C16H21N5O2/c1-11(13-9-18-5-6-19-13)21-7-3-12(4-8-21)16-20-10-14(23-16)15(22)17-2/h5-6,9-12H,3-4,7-8H2,1-2H3,(H,17,22).